The van der Waals surface area contributed by atoms with Gasteiger partial charge in [-0.05, 0) is 12.8 Å². The van der Waals surface area contributed by atoms with Crippen molar-refractivity contribution in [3.63, 3.8) is 0 Å². The molecule has 0 atom stereocenters. The van der Waals surface area contributed by atoms with Crippen LogP contribution < -0.4 is 0 Å². The van der Waals surface area contributed by atoms with Gasteiger partial charge in [-0.25, -0.2) is 0 Å². The highest BCUT2D eigenvalue weighted by Gasteiger charge is 2.42. The lowest BCUT2D eigenvalue weighted by atomic mass is 10.0. The summed E-state index contributed by atoms with van der Waals surface area (Å²) in [5.41, 5.74) is 0. The Kier molecular flexibility index (Phi) is 3.46. The predicted octanol–water partition coefficient (Wildman–Crippen LogP) is 2.31. The van der Waals surface area contributed by atoms with E-state index < -0.39 is 17.7 Å². The second-order valence-corrected chi connectivity index (χ2v) is 4.66. The Morgan fingerprint density at radius 2 is 1.19 bits per heavy atom. The Bertz CT molecular complexity index is 257. The van der Waals surface area contributed by atoms with Crippen molar-refractivity contribution in [2.75, 3.05) is 0 Å². The molecule has 0 bridgehead atoms. The van der Waals surface area contributed by atoms with Gasteiger partial charge in [-0.3, -0.25) is 9.59 Å². The van der Waals surface area contributed by atoms with Crippen molar-refractivity contribution in [3.05, 3.63) is 0 Å². The lowest BCUT2D eigenvalue weighted by molar-refractivity contribution is -0.249. The molecule has 16 heavy (non-hydrogen) atoms. The topological polar surface area (TPSA) is 52.6 Å². The molecule has 0 radical (unpaired) electrons. The number of ether oxygens (including phenoxy) is 2. The van der Waals surface area contributed by atoms with E-state index in [1.165, 1.54) is 12.8 Å². The highest BCUT2D eigenvalue weighted by Crippen LogP contribution is 2.33. The van der Waals surface area contributed by atoms with Gasteiger partial charge in [0.1, 0.15) is 6.42 Å². The predicted molar refractivity (Wildman–Crippen MR) is 56.5 cm³/mol. The number of rotatable bonds is 0. The molecule has 0 amide bonds. The molecular formula is C12H18O4. The molecule has 1 saturated heterocycles. The first-order valence-electron chi connectivity index (χ1n) is 6.14. The third-order valence-corrected chi connectivity index (χ3v) is 3.25. The van der Waals surface area contributed by atoms with Gasteiger partial charge in [0, 0.05) is 12.8 Å². The van der Waals surface area contributed by atoms with Crippen LogP contribution in [-0.4, -0.2) is 17.7 Å². The van der Waals surface area contributed by atoms with Gasteiger partial charge < -0.3 is 9.47 Å². The smallest absolute Gasteiger partial charge is 0.320 e. The van der Waals surface area contributed by atoms with E-state index in [-0.39, 0.29) is 6.42 Å². The molecule has 1 heterocycles. The lowest BCUT2D eigenvalue weighted by Gasteiger charge is -2.35. The van der Waals surface area contributed by atoms with Crippen molar-refractivity contribution < 1.29 is 19.1 Å². The van der Waals surface area contributed by atoms with Gasteiger partial charge in [-0.2, -0.15) is 0 Å². The molecule has 1 aliphatic heterocycles. The number of carbonyl (C=O) groups excluding carboxylic acids is 2. The van der Waals surface area contributed by atoms with Gasteiger partial charge >= 0.3 is 11.9 Å². The minimum Gasteiger partial charge on any atom is -0.422 e. The summed E-state index contributed by atoms with van der Waals surface area (Å²) in [6.45, 7) is 0. The zero-order valence-corrected chi connectivity index (χ0v) is 9.50. The second-order valence-electron chi connectivity index (χ2n) is 4.66. The monoisotopic (exact) mass is 226 g/mol. The average molecular weight is 226 g/mol. The molecule has 1 spiro atoms. The molecule has 1 aliphatic carbocycles. The zero-order valence-electron chi connectivity index (χ0n) is 9.50. The van der Waals surface area contributed by atoms with E-state index in [4.69, 9.17) is 9.47 Å². The van der Waals surface area contributed by atoms with Gasteiger partial charge in [-0.1, -0.05) is 25.7 Å². The third-order valence-electron chi connectivity index (χ3n) is 3.25. The largest absolute Gasteiger partial charge is 0.422 e. The summed E-state index contributed by atoms with van der Waals surface area (Å²) >= 11 is 0. The summed E-state index contributed by atoms with van der Waals surface area (Å²) in [7, 11) is 0. The average Bonchev–Trinajstić information content (AvgIpc) is 2.29. The molecule has 2 rings (SSSR count). The molecular weight excluding hydrogens is 208 g/mol. The molecule has 90 valence electrons. The summed E-state index contributed by atoms with van der Waals surface area (Å²) in [6.07, 6.45) is 7.68. The third kappa shape index (κ3) is 2.74. The van der Waals surface area contributed by atoms with Crippen molar-refractivity contribution >= 4 is 11.9 Å². The maximum absolute atomic E-state index is 11.3. The van der Waals surface area contributed by atoms with Crippen LogP contribution in [-0.2, 0) is 19.1 Å². The molecule has 4 nitrogen and oxygen atoms in total. The molecule has 0 N–H and O–H groups in total. The van der Waals surface area contributed by atoms with E-state index in [9.17, 15) is 9.59 Å². The Labute approximate surface area is 95.3 Å². The van der Waals surface area contributed by atoms with Gasteiger partial charge in [0.15, 0.2) is 0 Å². The van der Waals surface area contributed by atoms with E-state index in [0.29, 0.717) is 12.8 Å². The second kappa shape index (κ2) is 4.85. The summed E-state index contributed by atoms with van der Waals surface area (Å²) in [5, 5.41) is 0. The van der Waals surface area contributed by atoms with Gasteiger partial charge in [0.25, 0.3) is 5.79 Å². The van der Waals surface area contributed by atoms with Crippen molar-refractivity contribution in [2.24, 2.45) is 0 Å². The zero-order chi connectivity index (χ0) is 11.4. The van der Waals surface area contributed by atoms with Crippen molar-refractivity contribution in [2.45, 2.75) is 63.6 Å². The highest BCUT2D eigenvalue weighted by molar-refractivity contribution is 5.93. The quantitative estimate of drug-likeness (QED) is 0.470. The summed E-state index contributed by atoms with van der Waals surface area (Å²) in [4.78, 5) is 22.6. The summed E-state index contributed by atoms with van der Waals surface area (Å²) < 4.78 is 10.6. The maximum atomic E-state index is 11.3. The van der Waals surface area contributed by atoms with Crippen LogP contribution in [0.15, 0.2) is 0 Å². The summed E-state index contributed by atoms with van der Waals surface area (Å²) in [6, 6.07) is 0. The fourth-order valence-electron chi connectivity index (χ4n) is 2.45. The van der Waals surface area contributed by atoms with E-state index >= 15 is 0 Å². The van der Waals surface area contributed by atoms with Crippen LogP contribution in [0.4, 0.5) is 0 Å². The van der Waals surface area contributed by atoms with Crippen LogP contribution >= 0.6 is 0 Å². The molecule has 1 saturated carbocycles. The highest BCUT2D eigenvalue weighted by atomic mass is 16.7. The van der Waals surface area contributed by atoms with E-state index in [1.807, 2.05) is 0 Å². The Hall–Kier alpha value is -1.06. The summed E-state index contributed by atoms with van der Waals surface area (Å²) in [5.74, 6) is -1.80. The molecule has 4 heteroatoms. The standard InChI is InChI=1S/C12H18O4/c13-10-9-11(14)16-12(15-10)7-5-3-1-2-4-6-8-12/h1-9H2. The number of hydrogen-bond donors (Lipinski definition) is 0. The number of hydrogen-bond acceptors (Lipinski definition) is 4. The molecule has 2 fully saturated rings. The first-order chi connectivity index (χ1) is 7.70. The fraction of sp³-hybridized carbons (Fsp3) is 0.833. The Morgan fingerprint density at radius 3 is 1.69 bits per heavy atom. The first kappa shape index (κ1) is 11.4. The van der Waals surface area contributed by atoms with Crippen molar-refractivity contribution in [1.29, 1.82) is 0 Å². The van der Waals surface area contributed by atoms with Crippen LogP contribution in [0, 0.1) is 0 Å². The van der Waals surface area contributed by atoms with Crippen LogP contribution in [0.1, 0.15) is 57.8 Å². The van der Waals surface area contributed by atoms with E-state index in [2.05, 4.69) is 0 Å². The molecule has 0 aromatic rings. The van der Waals surface area contributed by atoms with Gasteiger partial charge in [0.05, 0.1) is 0 Å². The number of esters is 2. The van der Waals surface area contributed by atoms with E-state index in [0.717, 1.165) is 25.7 Å². The minimum atomic E-state index is -0.934. The Morgan fingerprint density at radius 1 is 0.750 bits per heavy atom. The maximum Gasteiger partial charge on any atom is 0.320 e. The first-order valence-corrected chi connectivity index (χ1v) is 6.14. The van der Waals surface area contributed by atoms with Crippen LogP contribution in [0.5, 0.6) is 0 Å². The van der Waals surface area contributed by atoms with Gasteiger partial charge in [0.2, 0.25) is 0 Å². The normalized spacial score (nSPS) is 26.2. The molecule has 0 aromatic carbocycles. The fourth-order valence-corrected chi connectivity index (χ4v) is 2.45. The van der Waals surface area contributed by atoms with Crippen LogP contribution in [0.25, 0.3) is 0 Å². The molecule has 2 aliphatic rings. The van der Waals surface area contributed by atoms with Crippen LogP contribution in [0.3, 0.4) is 0 Å². The Balaban J connectivity index is 2.06. The van der Waals surface area contributed by atoms with Gasteiger partial charge in [-0.15, -0.1) is 0 Å². The SMILES string of the molecule is O=C1CC(=O)OC2(CCCCCCCC2)O1. The lowest BCUT2D eigenvalue weighted by Crippen LogP contribution is -2.45. The molecule has 0 unspecified atom stereocenters. The minimum absolute atomic E-state index is 0.234. The number of carbonyl (C=O) groups is 2. The molecule has 0 aromatic heterocycles. The van der Waals surface area contributed by atoms with Crippen LogP contribution in [0.2, 0.25) is 0 Å². The van der Waals surface area contributed by atoms with Crippen molar-refractivity contribution in [3.8, 4) is 0 Å². The van der Waals surface area contributed by atoms with E-state index in [1.54, 1.807) is 0 Å². The van der Waals surface area contributed by atoms with Crippen molar-refractivity contribution in [1.82, 2.24) is 0 Å².